The molecule has 1 fully saturated rings. The van der Waals surface area contributed by atoms with Crippen LogP contribution in [0.25, 0.3) is 0 Å². The third-order valence-corrected chi connectivity index (χ3v) is 4.84. The smallest absolute Gasteiger partial charge is 0.238 e. The predicted molar refractivity (Wildman–Crippen MR) is 89.1 cm³/mol. The number of amides is 1. The van der Waals surface area contributed by atoms with Gasteiger partial charge in [0.1, 0.15) is 0 Å². The summed E-state index contributed by atoms with van der Waals surface area (Å²) >= 11 is 12.1. The number of benzene rings is 1. The summed E-state index contributed by atoms with van der Waals surface area (Å²) in [7, 11) is 0. The van der Waals surface area contributed by atoms with E-state index in [-0.39, 0.29) is 12.5 Å². The molecule has 1 aromatic carbocycles. The highest BCUT2D eigenvalue weighted by molar-refractivity contribution is 6.39. The molecule has 1 saturated carbocycles. The van der Waals surface area contributed by atoms with Crippen LogP contribution in [0.2, 0.25) is 10.0 Å². The SMILES string of the molecule is CC1CCCCC1CNCC(=O)Nc1c(Cl)cccc1Cl. The number of anilines is 1. The lowest BCUT2D eigenvalue weighted by Crippen LogP contribution is -2.34. The molecule has 1 amide bonds. The monoisotopic (exact) mass is 328 g/mol. The van der Waals surface area contributed by atoms with Crippen LogP contribution in [0.15, 0.2) is 18.2 Å². The number of nitrogens with one attached hydrogen (secondary N) is 2. The van der Waals surface area contributed by atoms with Crippen molar-refractivity contribution in [3.8, 4) is 0 Å². The Morgan fingerprint density at radius 1 is 1.24 bits per heavy atom. The first kappa shape index (κ1) is 16.6. The summed E-state index contributed by atoms with van der Waals surface area (Å²) in [4.78, 5) is 11.9. The third kappa shape index (κ3) is 4.87. The van der Waals surface area contributed by atoms with E-state index in [1.165, 1.54) is 25.7 Å². The van der Waals surface area contributed by atoms with Gasteiger partial charge in [-0.15, -0.1) is 0 Å². The van der Waals surface area contributed by atoms with Gasteiger partial charge in [0.2, 0.25) is 5.91 Å². The molecule has 1 aliphatic carbocycles. The van der Waals surface area contributed by atoms with Gasteiger partial charge in [-0.25, -0.2) is 0 Å². The highest BCUT2D eigenvalue weighted by Crippen LogP contribution is 2.30. The van der Waals surface area contributed by atoms with Crippen molar-refractivity contribution in [1.29, 1.82) is 0 Å². The Balaban J connectivity index is 1.77. The summed E-state index contributed by atoms with van der Waals surface area (Å²) in [6, 6.07) is 5.17. The lowest BCUT2D eigenvalue weighted by molar-refractivity contribution is -0.115. The molecule has 116 valence electrons. The molecule has 2 unspecified atom stereocenters. The van der Waals surface area contributed by atoms with Crippen molar-refractivity contribution in [2.24, 2.45) is 11.8 Å². The van der Waals surface area contributed by atoms with Crippen molar-refractivity contribution < 1.29 is 4.79 Å². The van der Waals surface area contributed by atoms with Crippen LogP contribution in [0.3, 0.4) is 0 Å². The van der Waals surface area contributed by atoms with E-state index in [1.54, 1.807) is 18.2 Å². The zero-order valence-corrected chi connectivity index (χ0v) is 13.8. The Hall–Kier alpha value is -0.770. The Bertz CT molecular complexity index is 473. The molecule has 0 spiro atoms. The lowest BCUT2D eigenvalue weighted by Gasteiger charge is -2.28. The number of halogens is 2. The van der Waals surface area contributed by atoms with Crippen LogP contribution in [0.4, 0.5) is 5.69 Å². The minimum Gasteiger partial charge on any atom is -0.322 e. The number of hydrogen-bond acceptors (Lipinski definition) is 2. The van der Waals surface area contributed by atoms with Crippen LogP contribution in [0, 0.1) is 11.8 Å². The molecule has 0 aliphatic heterocycles. The molecule has 0 bridgehead atoms. The summed E-state index contributed by atoms with van der Waals surface area (Å²) in [5, 5.41) is 6.92. The highest BCUT2D eigenvalue weighted by atomic mass is 35.5. The second-order valence-electron chi connectivity index (χ2n) is 5.80. The molecule has 0 saturated heterocycles. The van der Waals surface area contributed by atoms with E-state index >= 15 is 0 Å². The van der Waals surface area contributed by atoms with Crippen LogP contribution in [0.5, 0.6) is 0 Å². The molecule has 0 aromatic heterocycles. The van der Waals surface area contributed by atoms with Crippen molar-refractivity contribution in [3.05, 3.63) is 28.2 Å². The van der Waals surface area contributed by atoms with Crippen LogP contribution in [-0.4, -0.2) is 19.0 Å². The van der Waals surface area contributed by atoms with E-state index in [2.05, 4.69) is 17.6 Å². The first-order chi connectivity index (χ1) is 10.1. The molecule has 5 heteroatoms. The second kappa shape index (κ2) is 8.02. The van der Waals surface area contributed by atoms with Gasteiger partial charge in [-0.3, -0.25) is 4.79 Å². The van der Waals surface area contributed by atoms with Gasteiger partial charge in [0.05, 0.1) is 22.3 Å². The maximum Gasteiger partial charge on any atom is 0.238 e. The molecule has 21 heavy (non-hydrogen) atoms. The number of carbonyl (C=O) groups is 1. The molecular weight excluding hydrogens is 307 g/mol. The van der Waals surface area contributed by atoms with E-state index in [9.17, 15) is 4.79 Å². The number of hydrogen-bond donors (Lipinski definition) is 2. The fraction of sp³-hybridized carbons (Fsp3) is 0.562. The standard InChI is InChI=1S/C16H22Cl2N2O/c1-11-5-2-3-6-12(11)9-19-10-15(21)20-16-13(17)7-4-8-14(16)18/h4,7-8,11-12,19H,2-3,5-6,9-10H2,1H3,(H,20,21). The van der Waals surface area contributed by atoms with Gasteiger partial charge in [-0.05, 0) is 36.9 Å². The second-order valence-corrected chi connectivity index (χ2v) is 6.61. The average Bonchev–Trinajstić information content (AvgIpc) is 2.45. The highest BCUT2D eigenvalue weighted by Gasteiger charge is 2.21. The average molecular weight is 329 g/mol. The van der Waals surface area contributed by atoms with Gasteiger partial charge in [-0.1, -0.05) is 55.5 Å². The van der Waals surface area contributed by atoms with Crippen molar-refractivity contribution >= 4 is 34.8 Å². The summed E-state index contributed by atoms with van der Waals surface area (Å²) in [5.41, 5.74) is 0.485. The van der Waals surface area contributed by atoms with Crippen molar-refractivity contribution in [2.45, 2.75) is 32.6 Å². The quantitative estimate of drug-likeness (QED) is 0.843. The number of para-hydroxylation sites is 1. The summed E-state index contributed by atoms with van der Waals surface area (Å²) in [5.74, 6) is 1.30. The van der Waals surface area contributed by atoms with Gasteiger partial charge in [-0.2, -0.15) is 0 Å². The van der Waals surface area contributed by atoms with Gasteiger partial charge in [0, 0.05) is 0 Å². The fourth-order valence-corrected chi connectivity index (χ4v) is 3.36. The van der Waals surface area contributed by atoms with Crippen LogP contribution >= 0.6 is 23.2 Å². The summed E-state index contributed by atoms with van der Waals surface area (Å²) in [6.45, 7) is 3.48. The molecule has 1 aliphatic rings. The van der Waals surface area contributed by atoms with E-state index in [4.69, 9.17) is 23.2 Å². The Morgan fingerprint density at radius 3 is 2.57 bits per heavy atom. The van der Waals surface area contributed by atoms with Gasteiger partial charge in [0.15, 0.2) is 0 Å². The Morgan fingerprint density at radius 2 is 1.90 bits per heavy atom. The van der Waals surface area contributed by atoms with Crippen molar-refractivity contribution in [2.75, 3.05) is 18.4 Å². The van der Waals surface area contributed by atoms with E-state index in [0.29, 0.717) is 21.7 Å². The fourth-order valence-electron chi connectivity index (χ4n) is 2.87. The van der Waals surface area contributed by atoms with Crippen LogP contribution < -0.4 is 10.6 Å². The predicted octanol–water partition coefficient (Wildman–Crippen LogP) is 4.35. The van der Waals surface area contributed by atoms with Crippen LogP contribution in [-0.2, 0) is 4.79 Å². The maximum absolute atomic E-state index is 11.9. The zero-order chi connectivity index (χ0) is 15.2. The molecule has 0 heterocycles. The molecule has 0 radical (unpaired) electrons. The minimum atomic E-state index is -0.117. The Kier molecular flexibility index (Phi) is 6.34. The largest absolute Gasteiger partial charge is 0.322 e. The molecule has 2 N–H and O–H groups in total. The van der Waals surface area contributed by atoms with E-state index < -0.39 is 0 Å². The molecule has 2 atom stereocenters. The van der Waals surface area contributed by atoms with Gasteiger partial charge in [0.25, 0.3) is 0 Å². The Labute approximate surface area is 136 Å². The van der Waals surface area contributed by atoms with Crippen molar-refractivity contribution in [1.82, 2.24) is 5.32 Å². The molecule has 3 nitrogen and oxygen atoms in total. The van der Waals surface area contributed by atoms with Crippen LogP contribution in [0.1, 0.15) is 32.6 Å². The zero-order valence-electron chi connectivity index (χ0n) is 12.3. The summed E-state index contributed by atoms with van der Waals surface area (Å²) < 4.78 is 0. The molecular formula is C16H22Cl2N2O. The number of carbonyl (C=O) groups excluding carboxylic acids is 1. The van der Waals surface area contributed by atoms with Gasteiger partial charge >= 0.3 is 0 Å². The topological polar surface area (TPSA) is 41.1 Å². The molecule has 1 aromatic rings. The van der Waals surface area contributed by atoms with Gasteiger partial charge < -0.3 is 10.6 Å². The van der Waals surface area contributed by atoms with Crippen molar-refractivity contribution in [3.63, 3.8) is 0 Å². The number of rotatable bonds is 5. The first-order valence-electron chi connectivity index (χ1n) is 7.52. The van der Waals surface area contributed by atoms with E-state index in [0.717, 1.165) is 12.5 Å². The van der Waals surface area contributed by atoms with E-state index in [1.807, 2.05) is 0 Å². The summed E-state index contributed by atoms with van der Waals surface area (Å²) in [6.07, 6.45) is 5.20. The molecule has 2 rings (SSSR count). The normalized spacial score (nSPS) is 22.0. The lowest BCUT2D eigenvalue weighted by atomic mass is 9.80. The minimum absolute atomic E-state index is 0.117. The first-order valence-corrected chi connectivity index (χ1v) is 8.28. The maximum atomic E-state index is 11.9. The third-order valence-electron chi connectivity index (χ3n) is 4.21.